The van der Waals surface area contributed by atoms with Gasteiger partial charge in [-0.1, -0.05) is 12.1 Å². The highest BCUT2D eigenvalue weighted by atomic mass is 32.2. The molecule has 4 nitrogen and oxygen atoms in total. The first kappa shape index (κ1) is 13.2. The van der Waals surface area contributed by atoms with Gasteiger partial charge >= 0.3 is 5.97 Å². The maximum Gasteiger partial charge on any atom is 0.339 e. The Morgan fingerprint density at radius 2 is 2.06 bits per heavy atom. The molecule has 0 spiro atoms. The van der Waals surface area contributed by atoms with Gasteiger partial charge in [-0.05, 0) is 36.1 Å². The highest BCUT2D eigenvalue weighted by molar-refractivity contribution is 8.00. The van der Waals surface area contributed by atoms with E-state index in [1.165, 1.54) is 32.1 Å². The molecule has 0 radical (unpaired) electrons. The van der Waals surface area contributed by atoms with E-state index < -0.39 is 6.10 Å². The van der Waals surface area contributed by atoms with Gasteiger partial charge in [0, 0.05) is 25.1 Å². The summed E-state index contributed by atoms with van der Waals surface area (Å²) >= 11 is 1.84. The van der Waals surface area contributed by atoms with Crippen molar-refractivity contribution in [3.63, 3.8) is 0 Å². The third-order valence-electron chi connectivity index (χ3n) is 2.89. The fourth-order valence-corrected chi connectivity index (χ4v) is 2.95. The average molecular weight is 267 g/mol. The SMILES string of the molecule is COC(=O)C(OC)c1ccc(N2CCCS2)cc1. The first-order valence-electron chi connectivity index (χ1n) is 5.87. The van der Waals surface area contributed by atoms with Crippen molar-refractivity contribution in [1.29, 1.82) is 0 Å². The third-order valence-corrected chi connectivity index (χ3v) is 4.06. The Balaban J connectivity index is 2.12. The number of anilines is 1. The smallest absolute Gasteiger partial charge is 0.339 e. The molecule has 1 heterocycles. The third kappa shape index (κ3) is 2.79. The highest BCUT2D eigenvalue weighted by Gasteiger charge is 2.21. The number of hydrogen-bond donors (Lipinski definition) is 0. The molecule has 0 aromatic heterocycles. The zero-order valence-corrected chi connectivity index (χ0v) is 11.4. The van der Waals surface area contributed by atoms with Crippen molar-refractivity contribution in [3.8, 4) is 0 Å². The van der Waals surface area contributed by atoms with Gasteiger partial charge in [0.15, 0.2) is 6.10 Å². The maximum atomic E-state index is 11.5. The fraction of sp³-hybridized carbons (Fsp3) is 0.462. The summed E-state index contributed by atoms with van der Waals surface area (Å²) in [5, 5.41) is 0. The zero-order chi connectivity index (χ0) is 13.0. The molecular formula is C13H17NO3S. The van der Waals surface area contributed by atoms with Gasteiger partial charge in [0.2, 0.25) is 0 Å². The number of nitrogens with zero attached hydrogens (tertiary/aromatic N) is 1. The summed E-state index contributed by atoms with van der Waals surface area (Å²) in [6, 6.07) is 7.86. The molecule has 98 valence electrons. The number of methoxy groups -OCH3 is 2. The van der Waals surface area contributed by atoms with Crippen LogP contribution in [0.3, 0.4) is 0 Å². The molecule has 0 bridgehead atoms. The number of esters is 1. The van der Waals surface area contributed by atoms with Crippen LogP contribution < -0.4 is 4.31 Å². The maximum absolute atomic E-state index is 11.5. The molecule has 1 aliphatic heterocycles. The molecule has 0 N–H and O–H groups in total. The number of carbonyl (C=O) groups is 1. The minimum Gasteiger partial charge on any atom is -0.467 e. The molecule has 1 aliphatic rings. The summed E-state index contributed by atoms with van der Waals surface area (Å²) < 4.78 is 12.1. The summed E-state index contributed by atoms with van der Waals surface area (Å²) in [5.74, 6) is 0.797. The van der Waals surface area contributed by atoms with E-state index >= 15 is 0 Å². The summed E-state index contributed by atoms with van der Waals surface area (Å²) in [6.45, 7) is 1.08. The molecule has 0 aliphatic carbocycles. The van der Waals surface area contributed by atoms with Crippen molar-refractivity contribution in [3.05, 3.63) is 29.8 Å². The van der Waals surface area contributed by atoms with Gasteiger partial charge in [-0.2, -0.15) is 0 Å². The van der Waals surface area contributed by atoms with Crippen LogP contribution >= 0.6 is 11.9 Å². The van der Waals surface area contributed by atoms with Gasteiger partial charge in [-0.3, -0.25) is 0 Å². The Morgan fingerprint density at radius 1 is 1.33 bits per heavy atom. The Morgan fingerprint density at radius 3 is 2.56 bits per heavy atom. The van der Waals surface area contributed by atoms with Crippen LogP contribution in [0.1, 0.15) is 18.1 Å². The first-order chi connectivity index (χ1) is 8.76. The van der Waals surface area contributed by atoms with Crippen LogP contribution in [-0.4, -0.2) is 32.5 Å². The van der Waals surface area contributed by atoms with Crippen LogP contribution in [0.4, 0.5) is 5.69 Å². The van der Waals surface area contributed by atoms with E-state index in [1.807, 2.05) is 36.2 Å². The molecule has 5 heteroatoms. The van der Waals surface area contributed by atoms with Crippen molar-refractivity contribution < 1.29 is 14.3 Å². The number of hydrogen-bond acceptors (Lipinski definition) is 5. The predicted octanol–water partition coefficient (Wildman–Crippen LogP) is 2.41. The standard InChI is InChI=1S/C13H17NO3S/c1-16-12(13(15)17-2)10-4-6-11(7-5-10)14-8-3-9-18-14/h4-7,12H,3,8-9H2,1-2H3. The highest BCUT2D eigenvalue weighted by Crippen LogP contribution is 2.29. The average Bonchev–Trinajstić information content (AvgIpc) is 2.94. The quantitative estimate of drug-likeness (QED) is 0.619. The number of rotatable bonds is 4. The van der Waals surface area contributed by atoms with Gasteiger partial charge in [0.05, 0.1) is 7.11 Å². The molecular weight excluding hydrogens is 250 g/mol. The molecule has 0 saturated carbocycles. The van der Waals surface area contributed by atoms with Crippen LogP contribution in [0.2, 0.25) is 0 Å². The second-order valence-electron chi connectivity index (χ2n) is 4.02. The van der Waals surface area contributed by atoms with Gasteiger partial charge in [0.25, 0.3) is 0 Å². The molecule has 2 rings (SSSR count). The van der Waals surface area contributed by atoms with Crippen molar-refractivity contribution >= 4 is 23.6 Å². The Hall–Kier alpha value is -1.20. The van der Waals surface area contributed by atoms with Crippen LogP contribution in [0.25, 0.3) is 0 Å². The second-order valence-corrected chi connectivity index (χ2v) is 5.13. The summed E-state index contributed by atoms with van der Waals surface area (Å²) in [5.41, 5.74) is 1.98. The topological polar surface area (TPSA) is 38.8 Å². The molecule has 1 unspecified atom stereocenters. The van der Waals surface area contributed by atoms with E-state index in [4.69, 9.17) is 9.47 Å². The number of ether oxygens (including phenoxy) is 2. The van der Waals surface area contributed by atoms with Gasteiger partial charge in [0.1, 0.15) is 0 Å². The summed E-state index contributed by atoms with van der Waals surface area (Å²) in [6.07, 6.45) is 0.574. The Kier molecular flexibility index (Phi) is 4.49. The van der Waals surface area contributed by atoms with Crippen molar-refractivity contribution in [2.24, 2.45) is 0 Å². The van der Waals surface area contributed by atoms with E-state index in [-0.39, 0.29) is 5.97 Å². The van der Waals surface area contributed by atoms with Crippen LogP contribution in [-0.2, 0) is 14.3 Å². The molecule has 1 fully saturated rings. The summed E-state index contributed by atoms with van der Waals surface area (Å²) in [4.78, 5) is 11.5. The zero-order valence-electron chi connectivity index (χ0n) is 10.6. The molecule has 1 aromatic rings. The van der Waals surface area contributed by atoms with Gasteiger partial charge in [-0.25, -0.2) is 4.79 Å². The van der Waals surface area contributed by atoms with E-state index in [9.17, 15) is 4.79 Å². The van der Waals surface area contributed by atoms with Crippen molar-refractivity contribution in [2.75, 3.05) is 30.8 Å². The number of carbonyl (C=O) groups excluding carboxylic acids is 1. The predicted molar refractivity (Wildman–Crippen MR) is 72.6 cm³/mol. The summed E-state index contributed by atoms with van der Waals surface area (Å²) in [7, 11) is 2.87. The first-order valence-corrected chi connectivity index (χ1v) is 6.81. The Bertz CT molecular complexity index is 401. The molecule has 1 aromatic carbocycles. The van der Waals surface area contributed by atoms with Crippen molar-refractivity contribution in [1.82, 2.24) is 0 Å². The van der Waals surface area contributed by atoms with E-state index in [0.29, 0.717) is 0 Å². The number of benzene rings is 1. The van der Waals surface area contributed by atoms with Gasteiger partial charge in [-0.15, -0.1) is 0 Å². The Labute approximate surface area is 111 Å². The van der Waals surface area contributed by atoms with Crippen molar-refractivity contribution in [2.45, 2.75) is 12.5 Å². The lowest BCUT2D eigenvalue weighted by atomic mass is 10.1. The molecule has 0 amide bonds. The second kappa shape index (κ2) is 6.11. The van der Waals surface area contributed by atoms with Crippen LogP contribution in [0.5, 0.6) is 0 Å². The van der Waals surface area contributed by atoms with E-state index in [0.717, 1.165) is 12.1 Å². The molecule has 1 saturated heterocycles. The van der Waals surface area contributed by atoms with Crippen LogP contribution in [0, 0.1) is 0 Å². The fourth-order valence-electron chi connectivity index (χ4n) is 1.94. The normalized spacial score (nSPS) is 16.7. The van der Waals surface area contributed by atoms with Gasteiger partial charge < -0.3 is 13.8 Å². The monoisotopic (exact) mass is 267 g/mol. The minimum atomic E-state index is -0.643. The van der Waals surface area contributed by atoms with Crippen LogP contribution in [0.15, 0.2) is 24.3 Å². The lowest BCUT2D eigenvalue weighted by Crippen LogP contribution is -2.16. The lowest BCUT2D eigenvalue weighted by Gasteiger charge is -2.18. The minimum absolute atomic E-state index is 0.374. The largest absolute Gasteiger partial charge is 0.467 e. The van der Waals surface area contributed by atoms with E-state index in [1.54, 1.807) is 0 Å². The lowest BCUT2D eigenvalue weighted by molar-refractivity contribution is -0.152. The van der Waals surface area contributed by atoms with E-state index in [2.05, 4.69) is 4.31 Å². The molecule has 18 heavy (non-hydrogen) atoms. The molecule has 1 atom stereocenters.